The maximum Gasteiger partial charge on any atom is 0.251 e. The third-order valence-corrected chi connectivity index (χ3v) is 5.03. The van der Waals surface area contributed by atoms with Gasteiger partial charge in [-0.15, -0.1) is 0 Å². The Morgan fingerprint density at radius 3 is 2.80 bits per heavy atom. The zero-order chi connectivity index (χ0) is 13.9. The summed E-state index contributed by atoms with van der Waals surface area (Å²) in [5, 5.41) is 3.02. The number of hydrogen-bond donors (Lipinski definition) is 1. The van der Waals surface area contributed by atoms with Crippen molar-refractivity contribution in [3.8, 4) is 0 Å². The quantitative estimate of drug-likeness (QED) is 0.878. The smallest absolute Gasteiger partial charge is 0.251 e. The second kappa shape index (κ2) is 5.87. The molecule has 1 saturated carbocycles. The summed E-state index contributed by atoms with van der Waals surface area (Å²) in [7, 11) is 0. The van der Waals surface area contributed by atoms with E-state index in [4.69, 9.17) is 0 Å². The highest BCUT2D eigenvalue weighted by Crippen LogP contribution is 2.30. The second-order valence-electron chi connectivity index (χ2n) is 5.18. The van der Waals surface area contributed by atoms with E-state index in [0.29, 0.717) is 16.3 Å². The third kappa shape index (κ3) is 2.82. The van der Waals surface area contributed by atoms with Gasteiger partial charge < -0.3 is 5.32 Å². The molecule has 20 heavy (non-hydrogen) atoms. The first-order valence-electron chi connectivity index (χ1n) is 6.87. The number of benzene rings is 1. The minimum absolute atomic E-state index is 0.0378. The fraction of sp³-hybridized carbons (Fsp3) is 0.400. The topological polar surface area (TPSA) is 54.9 Å². The molecular weight excluding hydrogens is 318 g/mol. The minimum atomic E-state index is -0.0378. The van der Waals surface area contributed by atoms with Crippen molar-refractivity contribution in [2.45, 2.75) is 24.1 Å². The van der Waals surface area contributed by atoms with Gasteiger partial charge in [-0.2, -0.15) is 0 Å². The number of fused-ring (bicyclic) bond motifs is 1. The molecule has 2 unspecified atom stereocenters. The van der Waals surface area contributed by atoms with Crippen LogP contribution in [0.1, 0.15) is 29.6 Å². The van der Waals surface area contributed by atoms with E-state index < -0.39 is 0 Å². The summed E-state index contributed by atoms with van der Waals surface area (Å²) < 4.78 is 0. The van der Waals surface area contributed by atoms with E-state index in [9.17, 15) is 4.79 Å². The predicted molar refractivity (Wildman–Crippen MR) is 81.9 cm³/mol. The molecule has 1 aromatic carbocycles. The fourth-order valence-electron chi connectivity index (χ4n) is 2.65. The van der Waals surface area contributed by atoms with Gasteiger partial charge in [0.2, 0.25) is 0 Å². The standard InChI is InChI=1S/C15H16BrN3O/c16-12-3-1-2-11(12)9-19-15(20)10-4-5-13-14(8-10)18-7-6-17-13/h4-8,11-12H,1-3,9H2,(H,19,20). The van der Waals surface area contributed by atoms with E-state index in [2.05, 4.69) is 31.2 Å². The van der Waals surface area contributed by atoms with Gasteiger partial charge in [0.05, 0.1) is 11.0 Å². The minimum Gasteiger partial charge on any atom is -0.352 e. The summed E-state index contributed by atoms with van der Waals surface area (Å²) in [4.78, 5) is 21.1. The molecule has 1 amide bonds. The van der Waals surface area contributed by atoms with Crippen LogP contribution in [0, 0.1) is 5.92 Å². The Kier molecular flexibility index (Phi) is 3.96. The first-order valence-corrected chi connectivity index (χ1v) is 7.78. The van der Waals surface area contributed by atoms with Gasteiger partial charge in [-0.3, -0.25) is 14.8 Å². The average Bonchev–Trinajstić information content (AvgIpc) is 2.89. The summed E-state index contributed by atoms with van der Waals surface area (Å²) in [6.07, 6.45) is 6.91. The highest BCUT2D eigenvalue weighted by molar-refractivity contribution is 9.09. The van der Waals surface area contributed by atoms with Crippen LogP contribution in [0.5, 0.6) is 0 Å². The van der Waals surface area contributed by atoms with Crippen molar-refractivity contribution in [2.24, 2.45) is 5.92 Å². The Labute approximate surface area is 126 Å². The molecule has 0 aliphatic heterocycles. The zero-order valence-corrected chi connectivity index (χ0v) is 12.6. The highest BCUT2D eigenvalue weighted by Gasteiger charge is 2.25. The van der Waals surface area contributed by atoms with E-state index in [-0.39, 0.29) is 5.91 Å². The van der Waals surface area contributed by atoms with Crippen LogP contribution in [-0.2, 0) is 0 Å². The van der Waals surface area contributed by atoms with Crippen LogP contribution in [0.2, 0.25) is 0 Å². The molecule has 1 aromatic heterocycles. The number of amides is 1. The molecule has 2 atom stereocenters. The number of carbonyl (C=O) groups is 1. The largest absolute Gasteiger partial charge is 0.352 e. The first-order chi connectivity index (χ1) is 9.74. The van der Waals surface area contributed by atoms with Crippen LogP contribution >= 0.6 is 15.9 Å². The Morgan fingerprint density at radius 2 is 2.05 bits per heavy atom. The molecule has 5 heteroatoms. The third-order valence-electron chi connectivity index (χ3n) is 3.82. The molecule has 104 valence electrons. The number of nitrogens with one attached hydrogen (secondary N) is 1. The Balaban J connectivity index is 1.69. The average molecular weight is 334 g/mol. The highest BCUT2D eigenvalue weighted by atomic mass is 79.9. The molecule has 1 N–H and O–H groups in total. The zero-order valence-electron chi connectivity index (χ0n) is 11.1. The molecule has 1 aliphatic carbocycles. The molecule has 0 radical (unpaired) electrons. The van der Waals surface area contributed by atoms with Gasteiger partial charge in [-0.25, -0.2) is 0 Å². The molecule has 1 aliphatic rings. The predicted octanol–water partition coefficient (Wildman–Crippen LogP) is 2.92. The van der Waals surface area contributed by atoms with E-state index >= 15 is 0 Å². The van der Waals surface area contributed by atoms with Gasteiger partial charge in [0.25, 0.3) is 5.91 Å². The van der Waals surface area contributed by atoms with E-state index in [0.717, 1.165) is 17.6 Å². The van der Waals surface area contributed by atoms with Crippen molar-refractivity contribution in [1.82, 2.24) is 15.3 Å². The number of carbonyl (C=O) groups excluding carboxylic acids is 1. The molecular formula is C15H16BrN3O. The van der Waals surface area contributed by atoms with Crippen molar-refractivity contribution in [3.63, 3.8) is 0 Å². The monoisotopic (exact) mass is 333 g/mol. The van der Waals surface area contributed by atoms with Crippen LogP contribution in [-0.4, -0.2) is 27.2 Å². The number of alkyl halides is 1. The van der Waals surface area contributed by atoms with Gasteiger partial charge in [-0.1, -0.05) is 22.4 Å². The summed E-state index contributed by atoms with van der Waals surface area (Å²) in [5.74, 6) is 0.503. The number of rotatable bonds is 3. The Hall–Kier alpha value is -1.49. The molecule has 4 nitrogen and oxygen atoms in total. The lowest BCUT2D eigenvalue weighted by Crippen LogP contribution is -2.30. The molecule has 1 heterocycles. The molecule has 3 rings (SSSR count). The second-order valence-corrected chi connectivity index (χ2v) is 6.35. The number of hydrogen-bond acceptors (Lipinski definition) is 3. The van der Waals surface area contributed by atoms with Gasteiger partial charge in [0, 0.05) is 29.3 Å². The number of halogens is 1. The van der Waals surface area contributed by atoms with Crippen molar-refractivity contribution in [2.75, 3.05) is 6.54 Å². The SMILES string of the molecule is O=C(NCC1CCCC1Br)c1ccc2nccnc2c1. The van der Waals surface area contributed by atoms with Gasteiger partial charge in [0.15, 0.2) is 0 Å². The molecule has 0 bridgehead atoms. The van der Waals surface area contributed by atoms with Crippen LogP contribution in [0.15, 0.2) is 30.6 Å². The van der Waals surface area contributed by atoms with E-state index in [1.165, 1.54) is 19.3 Å². The first kappa shape index (κ1) is 13.5. The fourth-order valence-corrected chi connectivity index (χ4v) is 3.43. The van der Waals surface area contributed by atoms with Crippen LogP contribution < -0.4 is 5.32 Å². The normalized spacial score (nSPS) is 22.1. The van der Waals surface area contributed by atoms with Crippen molar-refractivity contribution < 1.29 is 4.79 Å². The summed E-state index contributed by atoms with van der Waals surface area (Å²) >= 11 is 3.67. The van der Waals surface area contributed by atoms with E-state index in [1.54, 1.807) is 24.5 Å². The van der Waals surface area contributed by atoms with Crippen LogP contribution in [0.3, 0.4) is 0 Å². The molecule has 2 aromatic rings. The Morgan fingerprint density at radius 1 is 1.25 bits per heavy atom. The summed E-state index contributed by atoms with van der Waals surface area (Å²) in [5.41, 5.74) is 2.20. The lowest BCUT2D eigenvalue weighted by atomic mass is 10.1. The van der Waals surface area contributed by atoms with E-state index in [1.807, 2.05) is 6.07 Å². The van der Waals surface area contributed by atoms with Gasteiger partial charge in [-0.05, 0) is 37.0 Å². The van der Waals surface area contributed by atoms with Crippen molar-refractivity contribution >= 4 is 32.9 Å². The maximum atomic E-state index is 12.2. The molecule has 0 spiro atoms. The number of nitrogens with zero attached hydrogens (tertiary/aromatic N) is 2. The molecule has 0 saturated heterocycles. The van der Waals surface area contributed by atoms with Crippen LogP contribution in [0.4, 0.5) is 0 Å². The molecule has 1 fully saturated rings. The van der Waals surface area contributed by atoms with Gasteiger partial charge >= 0.3 is 0 Å². The lowest BCUT2D eigenvalue weighted by molar-refractivity contribution is 0.0948. The Bertz CT molecular complexity index is 631. The number of aromatic nitrogens is 2. The lowest BCUT2D eigenvalue weighted by Gasteiger charge is -2.14. The summed E-state index contributed by atoms with van der Waals surface area (Å²) in [6, 6.07) is 5.42. The van der Waals surface area contributed by atoms with Gasteiger partial charge in [0.1, 0.15) is 0 Å². The van der Waals surface area contributed by atoms with Crippen molar-refractivity contribution in [1.29, 1.82) is 0 Å². The van der Waals surface area contributed by atoms with Crippen LogP contribution in [0.25, 0.3) is 11.0 Å². The maximum absolute atomic E-state index is 12.2. The summed E-state index contributed by atoms with van der Waals surface area (Å²) in [6.45, 7) is 0.729. The van der Waals surface area contributed by atoms with Crippen molar-refractivity contribution in [3.05, 3.63) is 36.2 Å².